The summed E-state index contributed by atoms with van der Waals surface area (Å²) >= 11 is 0. The average Bonchev–Trinajstić information content (AvgIpc) is 3.57. The first-order chi connectivity index (χ1) is 18.7. The molecule has 4 aromatic rings. The summed E-state index contributed by atoms with van der Waals surface area (Å²) in [6.45, 7) is 2.47. The molecule has 2 atom stereocenters. The number of aryl methyl sites for hydroxylation is 1. The summed E-state index contributed by atoms with van der Waals surface area (Å²) in [5.41, 5.74) is 4.53. The van der Waals surface area contributed by atoms with Gasteiger partial charge in [-0.3, -0.25) is 9.36 Å². The van der Waals surface area contributed by atoms with Gasteiger partial charge in [0, 0.05) is 35.9 Å². The molecule has 2 aliphatic rings. The zero-order valence-corrected chi connectivity index (χ0v) is 21.0. The molecule has 1 aromatic heterocycles. The summed E-state index contributed by atoms with van der Waals surface area (Å²) in [5.74, 6) is 1.71. The van der Waals surface area contributed by atoms with Crippen molar-refractivity contribution in [2.45, 2.75) is 32.2 Å². The number of imidazole rings is 1. The SMILES string of the molecule is CC(=O)O[C@@H]1COc2cc(N[C@@H]3COc4c3cccc4-n3c(C)nc4ccc(OCC(F)(F)F)cc43)ccc21.[NaH]. The first kappa shape index (κ1) is 28.1. The number of esters is 1. The number of rotatable bonds is 6. The number of hydrogen-bond acceptors (Lipinski definition) is 7. The van der Waals surface area contributed by atoms with Gasteiger partial charge in [0.25, 0.3) is 0 Å². The number of hydrogen-bond donors (Lipinski definition) is 1. The van der Waals surface area contributed by atoms with Gasteiger partial charge in [0.2, 0.25) is 0 Å². The number of nitrogens with one attached hydrogen (secondary N) is 1. The van der Waals surface area contributed by atoms with Crippen molar-refractivity contribution in [2.24, 2.45) is 0 Å². The molecular formula is C28H25F3N3NaO5. The Labute approximate surface area is 249 Å². The van der Waals surface area contributed by atoms with Crippen LogP contribution in [0.25, 0.3) is 16.7 Å². The van der Waals surface area contributed by atoms with Crippen molar-refractivity contribution in [1.82, 2.24) is 9.55 Å². The number of para-hydroxylation sites is 1. The molecule has 0 spiro atoms. The van der Waals surface area contributed by atoms with Crippen LogP contribution in [0.1, 0.15) is 36.0 Å². The Bertz CT molecular complexity index is 1590. The molecule has 0 amide bonds. The van der Waals surface area contributed by atoms with Gasteiger partial charge >= 0.3 is 41.7 Å². The topological polar surface area (TPSA) is 83.8 Å². The second-order valence-corrected chi connectivity index (χ2v) is 9.41. The molecule has 12 heteroatoms. The quantitative estimate of drug-likeness (QED) is 0.256. The molecule has 0 unspecified atom stereocenters. The first-order valence-electron chi connectivity index (χ1n) is 12.3. The number of anilines is 1. The van der Waals surface area contributed by atoms with Gasteiger partial charge in [0.05, 0.1) is 22.8 Å². The van der Waals surface area contributed by atoms with Gasteiger partial charge in [0.15, 0.2) is 12.7 Å². The number of nitrogens with zero attached hydrogens (tertiary/aromatic N) is 2. The van der Waals surface area contributed by atoms with E-state index in [9.17, 15) is 18.0 Å². The number of fused-ring (bicyclic) bond motifs is 3. The van der Waals surface area contributed by atoms with E-state index >= 15 is 0 Å². The van der Waals surface area contributed by atoms with Crippen LogP contribution < -0.4 is 19.5 Å². The number of benzene rings is 3. The van der Waals surface area contributed by atoms with Crippen molar-refractivity contribution in [3.05, 3.63) is 71.5 Å². The second kappa shape index (κ2) is 10.9. The number of alkyl halides is 3. The van der Waals surface area contributed by atoms with E-state index in [1.54, 1.807) is 12.1 Å². The fourth-order valence-electron chi connectivity index (χ4n) is 5.03. The maximum atomic E-state index is 12.7. The molecule has 0 bridgehead atoms. The fraction of sp³-hybridized carbons (Fsp3) is 0.286. The summed E-state index contributed by atoms with van der Waals surface area (Å²) < 4.78 is 62.1. The van der Waals surface area contributed by atoms with Gasteiger partial charge in [0.1, 0.15) is 36.3 Å². The third-order valence-corrected chi connectivity index (χ3v) is 6.63. The Morgan fingerprint density at radius 1 is 1.10 bits per heavy atom. The Morgan fingerprint density at radius 3 is 2.70 bits per heavy atom. The molecule has 0 radical (unpaired) electrons. The third-order valence-electron chi connectivity index (χ3n) is 6.63. The minimum atomic E-state index is -4.43. The molecule has 3 heterocycles. The number of aromatic nitrogens is 2. The average molecular weight is 564 g/mol. The first-order valence-corrected chi connectivity index (χ1v) is 12.3. The van der Waals surface area contributed by atoms with Gasteiger partial charge in [-0.05, 0) is 37.3 Å². The van der Waals surface area contributed by atoms with Crippen LogP contribution in [0.4, 0.5) is 18.9 Å². The van der Waals surface area contributed by atoms with Crippen molar-refractivity contribution in [1.29, 1.82) is 0 Å². The van der Waals surface area contributed by atoms with Crippen molar-refractivity contribution in [3.8, 4) is 22.9 Å². The predicted octanol–water partition coefficient (Wildman–Crippen LogP) is 5.17. The molecule has 0 saturated heterocycles. The van der Waals surface area contributed by atoms with E-state index in [-0.39, 0.29) is 53.9 Å². The number of halogens is 3. The van der Waals surface area contributed by atoms with Gasteiger partial charge in [-0.2, -0.15) is 13.2 Å². The van der Waals surface area contributed by atoms with Crippen LogP contribution in [0.5, 0.6) is 17.2 Å². The van der Waals surface area contributed by atoms with Crippen molar-refractivity contribution in [2.75, 3.05) is 25.1 Å². The Hall–Kier alpha value is -3.41. The molecule has 0 saturated carbocycles. The standard InChI is InChI=1S/C28H24F3N3O5.Na.H/c1-15-32-21-9-7-18(38-14-28(29,30)31)11-24(21)34(15)23-5-3-4-19-22(12-37-27(19)23)33-17-6-8-20-25(10-17)36-13-26(20)39-16(2)35;;/h3-11,22,26,33H,12-14H2,1-2H3;;/t22-,26-;;/m1../s1. The van der Waals surface area contributed by atoms with E-state index in [0.29, 0.717) is 35.0 Å². The molecule has 0 aliphatic carbocycles. The zero-order valence-electron chi connectivity index (χ0n) is 21.0. The number of carbonyl (C=O) groups excluding carboxylic acids is 1. The van der Waals surface area contributed by atoms with Crippen LogP contribution in [-0.4, -0.2) is 71.1 Å². The van der Waals surface area contributed by atoms with Crippen LogP contribution in [-0.2, 0) is 9.53 Å². The predicted molar refractivity (Wildman–Crippen MR) is 143 cm³/mol. The zero-order chi connectivity index (χ0) is 27.3. The normalized spacial score (nSPS) is 17.3. The van der Waals surface area contributed by atoms with E-state index in [1.807, 2.05) is 47.9 Å². The summed E-state index contributed by atoms with van der Waals surface area (Å²) in [7, 11) is 0. The molecule has 1 N–H and O–H groups in total. The molecule has 40 heavy (non-hydrogen) atoms. The minimum absolute atomic E-state index is 0. The Balaban J connectivity index is 0.00000323. The van der Waals surface area contributed by atoms with Crippen molar-refractivity contribution >= 4 is 52.2 Å². The molecule has 0 fully saturated rings. The second-order valence-electron chi connectivity index (χ2n) is 9.41. The molecule has 6 rings (SSSR count). The van der Waals surface area contributed by atoms with E-state index in [2.05, 4.69) is 10.3 Å². The van der Waals surface area contributed by atoms with Crippen LogP contribution in [0, 0.1) is 6.92 Å². The summed E-state index contributed by atoms with van der Waals surface area (Å²) in [4.78, 5) is 15.9. The van der Waals surface area contributed by atoms with E-state index in [0.717, 1.165) is 22.5 Å². The van der Waals surface area contributed by atoms with Gasteiger partial charge in [-0.1, -0.05) is 12.1 Å². The van der Waals surface area contributed by atoms with Gasteiger partial charge in [-0.25, -0.2) is 4.98 Å². The van der Waals surface area contributed by atoms with E-state index in [4.69, 9.17) is 18.9 Å². The van der Waals surface area contributed by atoms with Crippen LogP contribution in [0.2, 0.25) is 0 Å². The number of carbonyl (C=O) groups is 1. The van der Waals surface area contributed by atoms with Crippen LogP contribution in [0.3, 0.4) is 0 Å². The van der Waals surface area contributed by atoms with Crippen molar-refractivity contribution < 1.29 is 36.9 Å². The fourth-order valence-corrected chi connectivity index (χ4v) is 5.03. The molecule has 204 valence electrons. The van der Waals surface area contributed by atoms with Gasteiger partial charge in [-0.15, -0.1) is 0 Å². The van der Waals surface area contributed by atoms with Gasteiger partial charge < -0.3 is 24.3 Å². The summed E-state index contributed by atoms with van der Waals surface area (Å²) in [5, 5.41) is 3.48. The summed E-state index contributed by atoms with van der Waals surface area (Å²) in [6.07, 6.45) is -4.85. The molecular weight excluding hydrogens is 538 g/mol. The van der Waals surface area contributed by atoms with E-state index in [1.165, 1.54) is 13.0 Å². The van der Waals surface area contributed by atoms with Crippen molar-refractivity contribution in [3.63, 3.8) is 0 Å². The number of ether oxygens (including phenoxy) is 4. The van der Waals surface area contributed by atoms with Crippen LogP contribution >= 0.6 is 0 Å². The maximum absolute atomic E-state index is 12.7. The van der Waals surface area contributed by atoms with Crippen LogP contribution in [0.15, 0.2) is 54.6 Å². The molecule has 2 aliphatic heterocycles. The summed E-state index contributed by atoms with van der Waals surface area (Å²) in [6, 6.07) is 15.9. The Morgan fingerprint density at radius 2 is 1.93 bits per heavy atom. The van der Waals surface area contributed by atoms with E-state index < -0.39 is 18.9 Å². The molecule has 3 aromatic carbocycles. The monoisotopic (exact) mass is 563 g/mol. The third kappa shape index (κ3) is 5.45. The molecule has 8 nitrogen and oxygen atoms in total. The Kier molecular flexibility index (Phi) is 7.64.